The number of amides is 1. The highest BCUT2D eigenvalue weighted by atomic mass is 32.1. The number of pyridine rings is 1. The highest BCUT2D eigenvalue weighted by molar-refractivity contribution is 7.13. The summed E-state index contributed by atoms with van der Waals surface area (Å²) in [5.74, 6) is 0.863. The van der Waals surface area contributed by atoms with Crippen molar-refractivity contribution in [1.29, 1.82) is 0 Å². The van der Waals surface area contributed by atoms with E-state index in [1.165, 1.54) is 17.4 Å². The van der Waals surface area contributed by atoms with Crippen molar-refractivity contribution >= 4 is 39.7 Å². The summed E-state index contributed by atoms with van der Waals surface area (Å²) in [4.78, 5) is 31.6. The number of benzene rings is 1. The van der Waals surface area contributed by atoms with Crippen LogP contribution >= 0.6 is 11.3 Å². The van der Waals surface area contributed by atoms with E-state index in [9.17, 15) is 14.9 Å². The molecule has 1 fully saturated rings. The van der Waals surface area contributed by atoms with Gasteiger partial charge in [-0.1, -0.05) is 0 Å². The van der Waals surface area contributed by atoms with Gasteiger partial charge in [0.15, 0.2) is 0 Å². The topological polar surface area (TPSA) is 88.4 Å². The molecular formula is C20H20N4O3S. The number of aromatic nitrogens is 1. The standard InChI is InChI=1S/C20H20N4O3S/c1-13-2-6-18(28-13)20(25)21-15-8-10-23(11-9-15)19-7-3-14-12-16(24(26)27)4-5-17(14)22-19/h2-7,12,15H,8-11H2,1H3,(H,21,25). The van der Waals surface area contributed by atoms with Crippen LogP contribution in [0.15, 0.2) is 42.5 Å². The van der Waals surface area contributed by atoms with Gasteiger partial charge in [0.2, 0.25) is 0 Å². The van der Waals surface area contributed by atoms with Crippen molar-refractivity contribution in [2.75, 3.05) is 18.0 Å². The first-order valence-corrected chi connectivity index (χ1v) is 9.99. The molecule has 0 spiro atoms. The van der Waals surface area contributed by atoms with Gasteiger partial charge in [0.1, 0.15) is 5.82 Å². The number of piperidine rings is 1. The Kier molecular flexibility index (Phi) is 4.95. The van der Waals surface area contributed by atoms with Gasteiger partial charge < -0.3 is 10.2 Å². The molecule has 3 heterocycles. The minimum atomic E-state index is -0.399. The average molecular weight is 396 g/mol. The smallest absolute Gasteiger partial charge is 0.270 e. The summed E-state index contributed by atoms with van der Waals surface area (Å²) in [7, 11) is 0. The van der Waals surface area contributed by atoms with E-state index in [0.717, 1.165) is 52.4 Å². The van der Waals surface area contributed by atoms with E-state index in [4.69, 9.17) is 0 Å². The molecule has 3 aromatic rings. The molecule has 1 aliphatic heterocycles. The summed E-state index contributed by atoms with van der Waals surface area (Å²) < 4.78 is 0. The number of nitro groups is 1. The predicted octanol–water partition coefficient (Wildman–Crippen LogP) is 3.91. The number of carbonyl (C=O) groups is 1. The normalized spacial score (nSPS) is 15.0. The number of nitro benzene ring substituents is 1. The minimum absolute atomic E-state index is 0.00183. The molecule has 0 atom stereocenters. The molecule has 1 aromatic carbocycles. The number of aryl methyl sites for hydroxylation is 1. The van der Waals surface area contributed by atoms with Crippen LogP contribution in [0.1, 0.15) is 27.4 Å². The number of non-ortho nitro benzene ring substituents is 1. The second-order valence-electron chi connectivity index (χ2n) is 6.95. The lowest BCUT2D eigenvalue weighted by molar-refractivity contribution is -0.384. The van der Waals surface area contributed by atoms with Crippen molar-refractivity contribution in [2.45, 2.75) is 25.8 Å². The predicted molar refractivity (Wildman–Crippen MR) is 110 cm³/mol. The molecule has 4 rings (SSSR count). The van der Waals surface area contributed by atoms with Crippen LogP contribution in [0.5, 0.6) is 0 Å². The van der Waals surface area contributed by atoms with Gasteiger partial charge in [0.05, 0.1) is 15.3 Å². The quantitative estimate of drug-likeness (QED) is 0.533. The molecule has 2 aromatic heterocycles. The maximum atomic E-state index is 12.3. The number of anilines is 1. The molecule has 0 bridgehead atoms. The zero-order valence-corrected chi connectivity index (χ0v) is 16.2. The summed E-state index contributed by atoms with van der Waals surface area (Å²) >= 11 is 1.51. The van der Waals surface area contributed by atoms with Crippen molar-refractivity contribution in [3.05, 3.63) is 62.3 Å². The molecule has 1 amide bonds. The fourth-order valence-corrected chi connectivity index (χ4v) is 4.23. The molecule has 0 saturated carbocycles. The number of rotatable bonds is 4. The fourth-order valence-electron chi connectivity index (χ4n) is 3.46. The number of hydrogen-bond acceptors (Lipinski definition) is 6. The van der Waals surface area contributed by atoms with E-state index < -0.39 is 4.92 Å². The lowest BCUT2D eigenvalue weighted by atomic mass is 10.0. The van der Waals surface area contributed by atoms with E-state index in [-0.39, 0.29) is 17.6 Å². The van der Waals surface area contributed by atoms with Crippen LogP contribution in [0.2, 0.25) is 0 Å². The summed E-state index contributed by atoms with van der Waals surface area (Å²) in [6, 6.07) is 12.5. The van der Waals surface area contributed by atoms with Gasteiger partial charge in [-0.25, -0.2) is 4.98 Å². The third-order valence-electron chi connectivity index (χ3n) is 4.99. The van der Waals surface area contributed by atoms with E-state index >= 15 is 0 Å². The summed E-state index contributed by atoms with van der Waals surface area (Å²) in [5.41, 5.74) is 0.811. The summed E-state index contributed by atoms with van der Waals surface area (Å²) in [5, 5.41) is 14.8. The first-order chi connectivity index (χ1) is 13.5. The van der Waals surface area contributed by atoms with E-state index in [0.29, 0.717) is 0 Å². The number of carbonyl (C=O) groups excluding carboxylic acids is 1. The maximum Gasteiger partial charge on any atom is 0.270 e. The second kappa shape index (κ2) is 7.55. The fraction of sp³-hybridized carbons (Fsp3) is 0.300. The Morgan fingerprint density at radius 2 is 2.00 bits per heavy atom. The minimum Gasteiger partial charge on any atom is -0.356 e. The van der Waals surface area contributed by atoms with Gasteiger partial charge in [0, 0.05) is 41.5 Å². The van der Waals surface area contributed by atoms with E-state index in [1.807, 2.05) is 31.2 Å². The molecule has 0 radical (unpaired) electrons. The van der Waals surface area contributed by atoms with Crippen molar-refractivity contribution in [3.63, 3.8) is 0 Å². The molecule has 1 saturated heterocycles. The maximum absolute atomic E-state index is 12.3. The molecule has 1 aliphatic rings. The number of nitrogens with zero attached hydrogens (tertiary/aromatic N) is 3. The van der Waals surface area contributed by atoms with Crippen molar-refractivity contribution in [3.8, 4) is 0 Å². The summed E-state index contributed by atoms with van der Waals surface area (Å²) in [6.45, 7) is 3.61. The van der Waals surface area contributed by atoms with Crippen LogP contribution < -0.4 is 10.2 Å². The molecule has 28 heavy (non-hydrogen) atoms. The third-order valence-corrected chi connectivity index (χ3v) is 5.99. The van der Waals surface area contributed by atoms with Gasteiger partial charge in [-0.2, -0.15) is 0 Å². The Labute approximate surface area is 166 Å². The van der Waals surface area contributed by atoms with Crippen LogP contribution in [-0.2, 0) is 0 Å². The van der Waals surface area contributed by atoms with E-state index in [2.05, 4.69) is 15.2 Å². The Morgan fingerprint density at radius 3 is 2.68 bits per heavy atom. The average Bonchev–Trinajstić information content (AvgIpc) is 3.14. The second-order valence-corrected chi connectivity index (χ2v) is 8.24. The van der Waals surface area contributed by atoms with Gasteiger partial charge in [-0.15, -0.1) is 11.3 Å². The molecule has 144 valence electrons. The Morgan fingerprint density at radius 1 is 1.21 bits per heavy atom. The van der Waals surface area contributed by atoms with Crippen molar-refractivity contribution in [2.24, 2.45) is 0 Å². The zero-order valence-electron chi connectivity index (χ0n) is 15.4. The first kappa shape index (κ1) is 18.4. The number of fused-ring (bicyclic) bond motifs is 1. The van der Waals surface area contributed by atoms with Crippen LogP contribution in [0.4, 0.5) is 11.5 Å². The number of thiophene rings is 1. The lowest BCUT2D eigenvalue weighted by Gasteiger charge is -2.33. The number of hydrogen-bond donors (Lipinski definition) is 1. The molecule has 0 unspecified atom stereocenters. The Bertz CT molecular complexity index is 1040. The highest BCUT2D eigenvalue weighted by Crippen LogP contribution is 2.25. The van der Waals surface area contributed by atoms with Crippen LogP contribution in [-0.4, -0.2) is 34.9 Å². The van der Waals surface area contributed by atoms with E-state index in [1.54, 1.807) is 12.1 Å². The lowest BCUT2D eigenvalue weighted by Crippen LogP contribution is -2.44. The first-order valence-electron chi connectivity index (χ1n) is 9.17. The molecule has 7 nitrogen and oxygen atoms in total. The zero-order chi connectivity index (χ0) is 19.7. The van der Waals surface area contributed by atoms with Crippen LogP contribution in [0, 0.1) is 17.0 Å². The SMILES string of the molecule is Cc1ccc(C(=O)NC2CCN(c3ccc4cc([N+](=O)[O-])ccc4n3)CC2)s1. The number of nitrogens with one attached hydrogen (secondary N) is 1. The van der Waals surface area contributed by atoms with Gasteiger partial charge >= 0.3 is 0 Å². The largest absolute Gasteiger partial charge is 0.356 e. The molecule has 0 aliphatic carbocycles. The van der Waals surface area contributed by atoms with Crippen LogP contribution in [0.3, 0.4) is 0 Å². The monoisotopic (exact) mass is 396 g/mol. The molecular weight excluding hydrogens is 376 g/mol. The van der Waals surface area contributed by atoms with Gasteiger partial charge in [0.25, 0.3) is 11.6 Å². The van der Waals surface area contributed by atoms with Crippen molar-refractivity contribution < 1.29 is 9.72 Å². The van der Waals surface area contributed by atoms with Crippen LogP contribution in [0.25, 0.3) is 10.9 Å². The molecule has 8 heteroatoms. The van der Waals surface area contributed by atoms with Crippen molar-refractivity contribution in [1.82, 2.24) is 10.3 Å². The third kappa shape index (κ3) is 3.82. The van der Waals surface area contributed by atoms with Gasteiger partial charge in [-0.3, -0.25) is 14.9 Å². The highest BCUT2D eigenvalue weighted by Gasteiger charge is 2.22. The summed E-state index contributed by atoms with van der Waals surface area (Å²) in [6.07, 6.45) is 1.71. The Balaban J connectivity index is 1.40. The Hall–Kier alpha value is -3.00. The van der Waals surface area contributed by atoms with Gasteiger partial charge in [-0.05, 0) is 50.1 Å². The molecule has 1 N–H and O–H groups in total.